The lowest BCUT2D eigenvalue weighted by atomic mass is 10.1. The fourth-order valence-electron chi connectivity index (χ4n) is 2.10. The van der Waals surface area contributed by atoms with Gasteiger partial charge in [0.2, 0.25) is 5.91 Å². The number of carbonyl (C=O) groups excluding carboxylic acids is 1. The third-order valence-corrected chi connectivity index (χ3v) is 3.16. The molecule has 0 saturated carbocycles. The molecule has 0 aliphatic carbocycles. The smallest absolute Gasteiger partial charge is 0.219 e. The van der Waals surface area contributed by atoms with Crippen molar-refractivity contribution in [3.8, 4) is 0 Å². The summed E-state index contributed by atoms with van der Waals surface area (Å²) in [4.78, 5) is 15.3. The van der Waals surface area contributed by atoms with Gasteiger partial charge in [0, 0.05) is 26.1 Å². The van der Waals surface area contributed by atoms with E-state index >= 15 is 0 Å². The van der Waals surface area contributed by atoms with Crippen molar-refractivity contribution < 1.29 is 4.79 Å². The van der Waals surface area contributed by atoms with Gasteiger partial charge in [0.05, 0.1) is 0 Å². The monoisotopic (exact) mass is 227 g/mol. The molecular formula is C12H25N3O. The van der Waals surface area contributed by atoms with Crippen LogP contribution >= 0.6 is 0 Å². The number of hydrogen-bond acceptors (Lipinski definition) is 3. The van der Waals surface area contributed by atoms with Crippen molar-refractivity contribution in [1.82, 2.24) is 15.1 Å². The normalized spacial score (nSPS) is 18.1. The predicted molar refractivity (Wildman–Crippen MR) is 66.4 cm³/mol. The van der Waals surface area contributed by atoms with E-state index in [4.69, 9.17) is 0 Å². The number of carbonyl (C=O) groups is 1. The molecule has 1 heterocycles. The first-order valence-corrected chi connectivity index (χ1v) is 6.23. The molecule has 0 aromatic heterocycles. The van der Waals surface area contributed by atoms with Gasteiger partial charge in [0.15, 0.2) is 0 Å². The second-order valence-corrected chi connectivity index (χ2v) is 4.89. The standard InChI is InChI=1S/C12H25N3O/c1-11(16)15-9-5-12(6-10-15)13-7-4-8-14(2)3/h12-13H,4-10H2,1-3H3. The summed E-state index contributed by atoms with van der Waals surface area (Å²) in [6, 6.07) is 0.609. The van der Waals surface area contributed by atoms with E-state index in [0.717, 1.165) is 39.0 Å². The van der Waals surface area contributed by atoms with Crippen molar-refractivity contribution in [2.75, 3.05) is 40.3 Å². The molecule has 0 aromatic rings. The Hall–Kier alpha value is -0.610. The van der Waals surface area contributed by atoms with Crippen LogP contribution in [0.3, 0.4) is 0 Å². The second kappa shape index (κ2) is 6.86. The Morgan fingerprint density at radius 1 is 1.38 bits per heavy atom. The van der Waals surface area contributed by atoms with E-state index in [0.29, 0.717) is 6.04 Å². The van der Waals surface area contributed by atoms with Gasteiger partial charge in [0.1, 0.15) is 0 Å². The molecule has 1 rings (SSSR count). The molecular weight excluding hydrogens is 202 g/mol. The molecule has 1 N–H and O–H groups in total. The second-order valence-electron chi connectivity index (χ2n) is 4.89. The largest absolute Gasteiger partial charge is 0.343 e. The minimum atomic E-state index is 0.214. The Bertz CT molecular complexity index is 210. The van der Waals surface area contributed by atoms with Crippen LogP contribution in [-0.2, 0) is 4.79 Å². The number of amides is 1. The number of piperidine rings is 1. The first kappa shape index (κ1) is 13.5. The molecule has 0 bridgehead atoms. The van der Waals surface area contributed by atoms with Crippen LogP contribution in [0.1, 0.15) is 26.2 Å². The van der Waals surface area contributed by atoms with Gasteiger partial charge in [0.25, 0.3) is 0 Å². The average molecular weight is 227 g/mol. The number of rotatable bonds is 5. The summed E-state index contributed by atoms with van der Waals surface area (Å²) in [5, 5.41) is 3.57. The molecule has 4 nitrogen and oxygen atoms in total. The highest BCUT2D eigenvalue weighted by Crippen LogP contribution is 2.10. The van der Waals surface area contributed by atoms with E-state index in [9.17, 15) is 4.79 Å². The predicted octanol–water partition coefficient (Wildman–Crippen LogP) is 0.539. The fraction of sp³-hybridized carbons (Fsp3) is 0.917. The summed E-state index contributed by atoms with van der Waals surface area (Å²) in [7, 11) is 4.21. The molecule has 0 aromatic carbocycles. The van der Waals surface area contributed by atoms with E-state index in [1.54, 1.807) is 6.92 Å². The summed E-state index contributed by atoms with van der Waals surface area (Å²) in [5.74, 6) is 0.214. The van der Waals surface area contributed by atoms with Crippen molar-refractivity contribution in [3.63, 3.8) is 0 Å². The summed E-state index contributed by atoms with van der Waals surface area (Å²) in [6.45, 7) is 5.72. The van der Waals surface area contributed by atoms with Crippen LogP contribution in [-0.4, -0.2) is 62.0 Å². The molecule has 1 fully saturated rings. The van der Waals surface area contributed by atoms with Crippen molar-refractivity contribution in [1.29, 1.82) is 0 Å². The third kappa shape index (κ3) is 4.94. The van der Waals surface area contributed by atoms with Gasteiger partial charge in [-0.3, -0.25) is 4.79 Å². The Morgan fingerprint density at radius 2 is 2.00 bits per heavy atom. The van der Waals surface area contributed by atoms with Crippen LogP contribution in [0.25, 0.3) is 0 Å². The molecule has 16 heavy (non-hydrogen) atoms. The SMILES string of the molecule is CC(=O)N1CCC(NCCCN(C)C)CC1. The average Bonchev–Trinajstić information content (AvgIpc) is 2.25. The fourth-order valence-corrected chi connectivity index (χ4v) is 2.10. The van der Waals surface area contributed by atoms with Crippen LogP contribution in [0, 0.1) is 0 Å². The maximum absolute atomic E-state index is 11.1. The molecule has 0 radical (unpaired) electrons. The molecule has 4 heteroatoms. The molecule has 1 aliphatic rings. The first-order chi connectivity index (χ1) is 7.59. The number of hydrogen-bond donors (Lipinski definition) is 1. The highest BCUT2D eigenvalue weighted by Gasteiger charge is 2.19. The summed E-state index contributed by atoms with van der Waals surface area (Å²) >= 11 is 0. The minimum Gasteiger partial charge on any atom is -0.343 e. The van der Waals surface area contributed by atoms with Gasteiger partial charge < -0.3 is 15.1 Å². The molecule has 0 atom stereocenters. The van der Waals surface area contributed by atoms with E-state index < -0.39 is 0 Å². The van der Waals surface area contributed by atoms with Crippen molar-refractivity contribution in [3.05, 3.63) is 0 Å². The Kier molecular flexibility index (Phi) is 5.77. The number of nitrogens with one attached hydrogen (secondary N) is 1. The van der Waals surface area contributed by atoms with E-state index in [-0.39, 0.29) is 5.91 Å². The van der Waals surface area contributed by atoms with Crippen molar-refractivity contribution >= 4 is 5.91 Å². The highest BCUT2D eigenvalue weighted by atomic mass is 16.2. The van der Waals surface area contributed by atoms with Gasteiger partial charge in [-0.2, -0.15) is 0 Å². The van der Waals surface area contributed by atoms with Crippen molar-refractivity contribution in [2.45, 2.75) is 32.2 Å². The number of nitrogens with zero attached hydrogens (tertiary/aromatic N) is 2. The summed E-state index contributed by atoms with van der Waals surface area (Å²) in [5.41, 5.74) is 0. The zero-order chi connectivity index (χ0) is 12.0. The lowest BCUT2D eigenvalue weighted by Gasteiger charge is -2.31. The van der Waals surface area contributed by atoms with Gasteiger partial charge in [-0.15, -0.1) is 0 Å². The van der Waals surface area contributed by atoms with Gasteiger partial charge in [-0.05, 0) is 46.4 Å². The lowest BCUT2D eigenvalue weighted by Crippen LogP contribution is -2.44. The third-order valence-electron chi connectivity index (χ3n) is 3.16. The van der Waals surface area contributed by atoms with Gasteiger partial charge in [-0.25, -0.2) is 0 Å². The molecule has 1 saturated heterocycles. The Morgan fingerprint density at radius 3 is 2.50 bits per heavy atom. The lowest BCUT2D eigenvalue weighted by molar-refractivity contribution is -0.129. The Labute approximate surface area is 99.0 Å². The minimum absolute atomic E-state index is 0.214. The molecule has 1 amide bonds. The van der Waals surface area contributed by atoms with E-state index in [1.165, 1.54) is 6.42 Å². The van der Waals surface area contributed by atoms with Crippen LogP contribution in [0.5, 0.6) is 0 Å². The van der Waals surface area contributed by atoms with E-state index in [1.807, 2.05) is 4.90 Å². The molecule has 0 spiro atoms. The van der Waals surface area contributed by atoms with Gasteiger partial charge in [-0.1, -0.05) is 0 Å². The maximum Gasteiger partial charge on any atom is 0.219 e. The topological polar surface area (TPSA) is 35.6 Å². The Balaban J connectivity index is 2.06. The van der Waals surface area contributed by atoms with Crippen LogP contribution < -0.4 is 5.32 Å². The zero-order valence-electron chi connectivity index (χ0n) is 10.8. The van der Waals surface area contributed by atoms with Crippen LogP contribution in [0.15, 0.2) is 0 Å². The zero-order valence-corrected chi connectivity index (χ0v) is 10.8. The first-order valence-electron chi connectivity index (χ1n) is 6.23. The van der Waals surface area contributed by atoms with E-state index in [2.05, 4.69) is 24.3 Å². The molecule has 0 unspecified atom stereocenters. The number of likely N-dealkylation sites (tertiary alicyclic amines) is 1. The molecule has 1 aliphatic heterocycles. The van der Waals surface area contributed by atoms with Crippen LogP contribution in [0.2, 0.25) is 0 Å². The summed E-state index contributed by atoms with van der Waals surface area (Å²) < 4.78 is 0. The van der Waals surface area contributed by atoms with Crippen molar-refractivity contribution in [2.24, 2.45) is 0 Å². The molecule has 94 valence electrons. The summed E-state index contributed by atoms with van der Waals surface area (Å²) in [6.07, 6.45) is 3.39. The highest BCUT2D eigenvalue weighted by molar-refractivity contribution is 5.73. The van der Waals surface area contributed by atoms with Gasteiger partial charge >= 0.3 is 0 Å². The quantitative estimate of drug-likeness (QED) is 0.696. The van der Waals surface area contributed by atoms with Crippen LogP contribution in [0.4, 0.5) is 0 Å². The maximum atomic E-state index is 11.1.